The first-order chi connectivity index (χ1) is 11.6. The van der Waals surface area contributed by atoms with Crippen molar-refractivity contribution in [2.24, 2.45) is 5.73 Å². The normalized spacial score (nSPS) is 28.2. The van der Waals surface area contributed by atoms with Gasteiger partial charge in [-0.2, -0.15) is 0 Å². The number of rotatable bonds is 4. The Bertz CT molecular complexity index is 622. The van der Waals surface area contributed by atoms with Gasteiger partial charge in [-0.3, -0.25) is 5.32 Å². The zero-order valence-electron chi connectivity index (χ0n) is 13.3. The minimum atomic E-state index is -0.644. The molecule has 0 unspecified atom stereocenters. The molecule has 0 saturated carbocycles. The monoisotopic (exact) mass is 336 g/mol. The number of benzene rings is 1. The predicted molar refractivity (Wildman–Crippen MR) is 83.7 cm³/mol. The van der Waals surface area contributed by atoms with Crippen LogP contribution in [-0.2, 0) is 18.9 Å². The highest BCUT2D eigenvalue weighted by Crippen LogP contribution is 2.28. The molecule has 2 aliphatic heterocycles. The number of nitrogens with one attached hydrogen (secondary N) is 1. The van der Waals surface area contributed by atoms with E-state index in [1.54, 1.807) is 25.1 Å². The Morgan fingerprint density at radius 1 is 1.29 bits per heavy atom. The van der Waals surface area contributed by atoms with E-state index in [2.05, 4.69) is 5.32 Å². The number of carbonyl (C=O) groups excluding carboxylic acids is 2. The highest BCUT2D eigenvalue weighted by molar-refractivity contribution is 5.92. The van der Waals surface area contributed by atoms with Gasteiger partial charge in [0, 0.05) is 5.69 Å². The first kappa shape index (κ1) is 16.7. The summed E-state index contributed by atoms with van der Waals surface area (Å²) >= 11 is 0. The Morgan fingerprint density at radius 2 is 2.08 bits per heavy atom. The zero-order valence-corrected chi connectivity index (χ0v) is 13.3. The van der Waals surface area contributed by atoms with Crippen LogP contribution in [0, 0.1) is 0 Å². The molecule has 2 heterocycles. The van der Waals surface area contributed by atoms with Gasteiger partial charge in [-0.1, -0.05) is 6.07 Å². The average Bonchev–Trinajstić information content (AvgIpc) is 3.12. The van der Waals surface area contributed by atoms with E-state index in [-0.39, 0.29) is 31.5 Å². The molecule has 1 aromatic rings. The van der Waals surface area contributed by atoms with Gasteiger partial charge in [-0.25, -0.2) is 9.59 Å². The molecule has 1 amide bonds. The van der Waals surface area contributed by atoms with Crippen molar-refractivity contribution >= 4 is 17.7 Å². The van der Waals surface area contributed by atoms with Gasteiger partial charge >= 0.3 is 12.1 Å². The number of hydrogen-bond acceptors (Lipinski definition) is 7. The first-order valence-electron chi connectivity index (χ1n) is 7.82. The van der Waals surface area contributed by atoms with Gasteiger partial charge in [0.2, 0.25) is 0 Å². The van der Waals surface area contributed by atoms with E-state index in [4.69, 9.17) is 24.7 Å². The van der Waals surface area contributed by atoms with E-state index in [1.807, 2.05) is 0 Å². The number of esters is 1. The lowest BCUT2D eigenvalue weighted by molar-refractivity contribution is 0.00899. The van der Waals surface area contributed by atoms with Gasteiger partial charge in [0.1, 0.15) is 12.2 Å². The third kappa shape index (κ3) is 3.50. The van der Waals surface area contributed by atoms with Crippen LogP contribution in [0.1, 0.15) is 17.3 Å². The minimum absolute atomic E-state index is 0.201. The smallest absolute Gasteiger partial charge is 0.412 e. The fraction of sp³-hybridized carbons (Fsp3) is 0.500. The molecule has 2 aliphatic rings. The minimum Gasteiger partial charge on any atom is -0.462 e. The summed E-state index contributed by atoms with van der Waals surface area (Å²) in [5.41, 5.74) is 6.64. The van der Waals surface area contributed by atoms with Crippen LogP contribution in [0.15, 0.2) is 24.3 Å². The summed E-state index contributed by atoms with van der Waals surface area (Å²) in [5, 5.41) is 2.59. The molecule has 8 nitrogen and oxygen atoms in total. The van der Waals surface area contributed by atoms with E-state index >= 15 is 0 Å². The van der Waals surface area contributed by atoms with Crippen LogP contribution in [0.2, 0.25) is 0 Å². The van der Waals surface area contributed by atoms with Crippen molar-refractivity contribution in [3.8, 4) is 0 Å². The van der Waals surface area contributed by atoms with E-state index < -0.39 is 18.2 Å². The summed E-state index contributed by atoms with van der Waals surface area (Å²) in [6, 6.07) is 6.23. The van der Waals surface area contributed by atoms with Crippen molar-refractivity contribution in [1.29, 1.82) is 0 Å². The van der Waals surface area contributed by atoms with Gasteiger partial charge in [0.25, 0.3) is 0 Å². The summed E-state index contributed by atoms with van der Waals surface area (Å²) in [6.45, 7) is 2.65. The zero-order chi connectivity index (χ0) is 17.1. The molecule has 3 rings (SSSR count). The summed E-state index contributed by atoms with van der Waals surface area (Å²) in [7, 11) is 0. The van der Waals surface area contributed by atoms with E-state index in [1.165, 1.54) is 6.07 Å². The van der Waals surface area contributed by atoms with Crippen LogP contribution in [0.25, 0.3) is 0 Å². The molecule has 130 valence electrons. The molecule has 0 bridgehead atoms. The van der Waals surface area contributed by atoms with Crippen LogP contribution >= 0.6 is 0 Å². The van der Waals surface area contributed by atoms with Gasteiger partial charge in [-0.05, 0) is 25.1 Å². The van der Waals surface area contributed by atoms with E-state index in [9.17, 15) is 9.59 Å². The number of carbonyl (C=O) groups is 2. The number of nitrogens with two attached hydrogens (primary N) is 1. The Hall–Kier alpha value is -2.16. The van der Waals surface area contributed by atoms with Crippen molar-refractivity contribution in [2.45, 2.75) is 31.3 Å². The molecule has 0 spiro atoms. The third-order valence-electron chi connectivity index (χ3n) is 3.92. The highest BCUT2D eigenvalue weighted by atomic mass is 16.6. The average molecular weight is 336 g/mol. The lowest BCUT2D eigenvalue weighted by Crippen LogP contribution is -2.38. The predicted octanol–water partition coefficient (Wildman–Crippen LogP) is 0.905. The Balaban J connectivity index is 1.57. The van der Waals surface area contributed by atoms with Crippen molar-refractivity contribution in [2.75, 3.05) is 25.1 Å². The lowest BCUT2D eigenvalue weighted by Gasteiger charge is -2.17. The number of hydrogen-bond donors (Lipinski definition) is 2. The first-order valence-corrected chi connectivity index (χ1v) is 7.82. The van der Waals surface area contributed by atoms with Crippen molar-refractivity contribution in [3.63, 3.8) is 0 Å². The summed E-state index contributed by atoms with van der Waals surface area (Å²) in [5.74, 6) is -0.449. The number of anilines is 1. The maximum absolute atomic E-state index is 12.1. The Kier molecular flexibility index (Phi) is 4.98. The van der Waals surface area contributed by atoms with Crippen LogP contribution < -0.4 is 11.1 Å². The molecule has 24 heavy (non-hydrogen) atoms. The topological polar surface area (TPSA) is 109 Å². The third-order valence-corrected chi connectivity index (χ3v) is 3.92. The van der Waals surface area contributed by atoms with Crippen LogP contribution in [0.5, 0.6) is 0 Å². The maximum atomic E-state index is 12.1. The molecule has 2 fully saturated rings. The maximum Gasteiger partial charge on any atom is 0.412 e. The number of fused-ring (bicyclic) bond motifs is 1. The highest BCUT2D eigenvalue weighted by Gasteiger charge is 2.48. The molecule has 2 saturated heterocycles. The van der Waals surface area contributed by atoms with Crippen LogP contribution in [0.3, 0.4) is 0 Å². The lowest BCUT2D eigenvalue weighted by atomic mass is 10.1. The quantitative estimate of drug-likeness (QED) is 0.786. The van der Waals surface area contributed by atoms with Gasteiger partial charge in [-0.15, -0.1) is 0 Å². The molecule has 0 radical (unpaired) electrons. The van der Waals surface area contributed by atoms with Crippen molar-refractivity contribution < 1.29 is 28.5 Å². The second-order valence-electron chi connectivity index (χ2n) is 5.63. The summed E-state index contributed by atoms with van der Waals surface area (Å²) in [6.07, 6.45) is -1.72. The summed E-state index contributed by atoms with van der Waals surface area (Å²) in [4.78, 5) is 23.8. The molecule has 0 aliphatic carbocycles. The molecule has 1 aromatic carbocycles. The second kappa shape index (κ2) is 7.16. The van der Waals surface area contributed by atoms with E-state index in [0.29, 0.717) is 17.9 Å². The molecule has 0 aromatic heterocycles. The van der Waals surface area contributed by atoms with E-state index in [0.717, 1.165) is 0 Å². The largest absolute Gasteiger partial charge is 0.462 e. The molecular formula is C16H20N2O6. The van der Waals surface area contributed by atoms with Gasteiger partial charge in [0.05, 0.1) is 31.4 Å². The van der Waals surface area contributed by atoms with Crippen LogP contribution in [-0.4, -0.2) is 56.2 Å². The Morgan fingerprint density at radius 3 is 2.88 bits per heavy atom. The molecular weight excluding hydrogens is 316 g/mol. The Labute approximate surface area is 139 Å². The second-order valence-corrected chi connectivity index (χ2v) is 5.63. The fourth-order valence-electron chi connectivity index (χ4n) is 2.82. The number of amides is 1. The van der Waals surface area contributed by atoms with Gasteiger partial charge in [0.15, 0.2) is 6.10 Å². The SMILES string of the molecule is CCOC(=O)c1cccc(NC(=O)O[C@@H]2CO[C@H]3[C@@H]2OC[C@@H]3N)c1. The van der Waals surface area contributed by atoms with Gasteiger partial charge < -0.3 is 24.7 Å². The number of ether oxygens (including phenoxy) is 4. The van der Waals surface area contributed by atoms with Crippen LogP contribution in [0.4, 0.5) is 10.5 Å². The molecule has 3 N–H and O–H groups in total. The summed E-state index contributed by atoms with van der Waals surface area (Å²) < 4.78 is 21.3. The van der Waals surface area contributed by atoms with Crippen molar-refractivity contribution in [1.82, 2.24) is 0 Å². The van der Waals surface area contributed by atoms with Crippen molar-refractivity contribution in [3.05, 3.63) is 29.8 Å². The standard InChI is InChI=1S/C16H20N2O6/c1-2-21-15(19)9-4-3-5-10(6-9)18-16(20)24-12-8-23-13-11(17)7-22-14(12)13/h3-6,11-14H,2,7-8,17H2,1H3,(H,18,20)/t11-,12+,13+,14+/m0/s1. The fourth-order valence-corrected chi connectivity index (χ4v) is 2.82. The molecule has 8 heteroatoms. The molecule has 4 atom stereocenters.